The van der Waals surface area contributed by atoms with Gasteiger partial charge in [0.2, 0.25) is 5.91 Å². The molecule has 1 aromatic heterocycles. The highest BCUT2D eigenvalue weighted by Crippen LogP contribution is 2.21. The Hall–Kier alpha value is -2.83. The second-order valence-electron chi connectivity index (χ2n) is 7.93. The molecule has 32 heavy (non-hydrogen) atoms. The van der Waals surface area contributed by atoms with Crippen LogP contribution in [0.4, 0.5) is 10.5 Å². The summed E-state index contributed by atoms with van der Waals surface area (Å²) in [7, 11) is 0. The summed E-state index contributed by atoms with van der Waals surface area (Å²) in [6, 6.07) is 18.8. The molecule has 168 valence electrons. The van der Waals surface area contributed by atoms with E-state index >= 15 is 0 Å². The van der Waals surface area contributed by atoms with Gasteiger partial charge in [-0.3, -0.25) is 4.79 Å². The van der Waals surface area contributed by atoms with E-state index in [0.717, 1.165) is 16.0 Å². The van der Waals surface area contributed by atoms with Crippen molar-refractivity contribution in [3.8, 4) is 0 Å². The predicted octanol–water partition coefficient (Wildman–Crippen LogP) is 6.18. The molecule has 0 aliphatic heterocycles. The van der Waals surface area contributed by atoms with Crippen LogP contribution in [0.2, 0.25) is 5.02 Å². The number of halogens is 1. The van der Waals surface area contributed by atoms with E-state index in [0.29, 0.717) is 23.8 Å². The number of nitrogens with one attached hydrogen (secondary N) is 1. The van der Waals surface area contributed by atoms with Crippen molar-refractivity contribution in [1.82, 2.24) is 9.80 Å². The molecule has 0 aliphatic carbocycles. The summed E-state index contributed by atoms with van der Waals surface area (Å²) >= 11 is 7.80. The number of hydrogen-bond donors (Lipinski definition) is 1. The third-order valence-corrected chi connectivity index (χ3v) is 6.38. The van der Waals surface area contributed by atoms with Gasteiger partial charge in [-0.25, -0.2) is 4.79 Å². The lowest BCUT2D eigenvalue weighted by Gasteiger charge is -2.30. The molecule has 0 saturated carbocycles. The fourth-order valence-corrected chi connectivity index (χ4v) is 4.13. The molecule has 7 heteroatoms. The molecular weight excluding hydrogens is 442 g/mol. The van der Waals surface area contributed by atoms with Crippen LogP contribution in [0.1, 0.15) is 29.9 Å². The summed E-state index contributed by atoms with van der Waals surface area (Å²) in [5.41, 5.74) is 2.58. The van der Waals surface area contributed by atoms with Crippen LogP contribution in [-0.2, 0) is 17.9 Å². The molecule has 0 saturated heterocycles. The van der Waals surface area contributed by atoms with Crippen LogP contribution in [0.5, 0.6) is 0 Å². The van der Waals surface area contributed by atoms with E-state index in [9.17, 15) is 9.59 Å². The topological polar surface area (TPSA) is 52.7 Å². The van der Waals surface area contributed by atoms with Gasteiger partial charge in [-0.1, -0.05) is 54.1 Å². The van der Waals surface area contributed by atoms with Crippen LogP contribution >= 0.6 is 22.9 Å². The number of thiophene rings is 1. The van der Waals surface area contributed by atoms with E-state index in [2.05, 4.69) is 5.32 Å². The molecule has 0 spiro atoms. The third-order valence-electron chi connectivity index (χ3n) is 5.11. The maximum Gasteiger partial charge on any atom is 0.322 e. The molecule has 1 N–H and O–H groups in total. The Morgan fingerprint density at radius 3 is 2.41 bits per heavy atom. The number of aryl methyl sites for hydroxylation is 1. The summed E-state index contributed by atoms with van der Waals surface area (Å²) in [5, 5.41) is 5.45. The molecule has 2 aromatic carbocycles. The molecule has 0 atom stereocenters. The lowest BCUT2D eigenvalue weighted by molar-refractivity contribution is -0.133. The standard InChI is InChI=1S/C25H28ClN3O2S/c1-18(2)29(25(31)27-21-12-11-19(3)23(26)14-21)17-24(30)28(16-22-10-7-13-32-22)15-20-8-5-4-6-9-20/h4-14,18H,15-17H2,1-3H3,(H,27,31). The third kappa shape index (κ3) is 6.58. The lowest BCUT2D eigenvalue weighted by atomic mass is 10.2. The van der Waals surface area contributed by atoms with E-state index in [4.69, 9.17) is 11.6 Å². The van der Waals surface area contributed by atoms with E-state index in [-0.39, 0.29) is 24.5 Å². The zero-order valence-corrected chi connectivity index (χ0v) is 20.1. The number of nitrogens with zero attached hydrogens (tertiary/aromatic N) is 2. The van der Waals surface area contributed by atoms with Crippen LogP contribution in [-0.4, -0.2) is 34.3 Å². The SMILES string of the molecule is Cc1ccc(NC(=O)N(CC(=O)N(Cc2ccccc2)Cc2cccs2)C(C)C)cc1Cl. The Morgan fingerprint density at radius 1 is 1.03 bits per heavy atom. The number of amides is 3. The smallest absolute Gasteiger partial charge is 0.322 e. The summed E-state index contributed by atoms with van der Waals surface area (Å²) < 4.78 is 0. The Kier molecular flexibility index (Phi) is 8.31. The van der Waals surface area contributed by atoms with E-state index in [1.807, 2.05) is 74.7 Å². The van der Waals surface area contributed by atoms with Crippen molar-refractivity contribution in [2.45, 2.75) is 39.9 Å². The number of carbonyl (C=O) groups is 2. The first-order valence-corrected chi connectivity index (χ1v) is 11.8. The normalized spacial score (nSPS) is 10.8. The van der Waals surface area contributed by atoms with Crippen LogP contribution in [0.15, 0.2) is 66.0 Å². The molecule has 0 radical (unpaired) electrons. The van der Waals surface area contributed by atoms with Gasteiger partial charge in [0.05, 0.1) is 6.54 Å². The summed E-state index contributed by atoms with van der Waals surface area (Å²) in [6.45, 7) is 6.68. The summed E-state index contributed by atoms with van der Waals surface area (Å²) in [4.78, 5) is 30.8. The van der Waals surface area contributed by atoms with Gasteiger partial charge < -0.3 is 15.1 Å². The predicted molar refractivity (Wildman–Crippen MR) is 132 cm³/mol. The molecule has 0 aliphatic rings. The van der Waals surface area contributed by atoms with Crippen LogP contribution in [0.3, 0.4) is 0 Å². The van der Waals surface area contributed by atoms with Gasteiger partial charge in [-0.05, 0) is 55.5 Å². The largest absolute Gasteiger partial charge is 0.332 e. The van der Waals surface area contributed by atoms with Crippen molar-refractivity contribution < 1.29 is 9.59 Å². The molecule has 3 amide bonds. The van der Waals surface area contributed by atoms with Gasteiger partial charge in [0.25, 0.3) is 0 Å². The first kappa shape index (κ1) is 23.8. The van der Waals surface area contributed by atoms with Crippen molar-refractivity contribution in [2.75, 3.05) is 11.9 Å². The van der Waals surface area contributed by atoms with E-state index in [1.165, 1.54) is 0 Å². The first-order chi connectivity index (χ1) is 15.3. The Balaban J connectivity index is 1.74. The monoisotopic (exact) mass is 469 g/mol. The van der Waals surface area contributed by atoms with Crippen LogP contribution < -0.4 is 5.32 Å². The lowest BCUT2D eigenvalue weighted by Crippen LogP contribution is -2.47. The molecule has 0 fully saturated rings. The highest BCUT2D eigenvalue weighted by molar-refractivity contribution is 7.09. The molecular formula is C25H28ClN3O2S. The molecule has 0 unspecified atom stereocenters. The Bertz CT molecular complexity index is 1040. The molecule has 3 rings (SSSR count). The number of anilines is 1. The Morgan fingerprint density at radius 2 is 1.78 bits per heavy atom. The van der Waals surface area contributed by atoms with Gasteiger partial charge >= 0.3 is 6.03 Å². The second kappa shape index (κ2) is 11.2. The minimum absolute atomic E-state index is 0.0126. The molecule has 1 heterocycles. The molecule has 5 nitrogen and oxygen atoms in total. The van der Waals surface area contributed by atoms with Crippen molar-refractivity contribution in [3.63, 3.8) is 0 Å². The van der Waals surface area contributed by atoms with Gasteiger partial charge in [-0.15, -0.1) is 11.3 Å². The van der Waals surface area contributed by atoms with Crippen molar-refractivity contribution in [2.24, 2.45) is 0 Å². The highest BCUT2D eigenvalue weighted by atomic mass is 35.5. The van der Waals surface area contributed by atoms with Crippen molar-refractivity contribution >= 4 is 40.6 Å². The second-order valence-corrected chi connectivity index (χ2v) is 9.37. The zero-order valence-electron chi connectivity index (χ0n) is 18.5. The van der Waals surface area contributed by atoms with Crippen molar-refractivity contribution in [3.05, 3.63) is 87.1 Å². The van der Waals surface area contributed by atoms with Gasteiger partial charge in [0.15, 0.2) is 0 Å². The number of urea groups is 1. The van der Waals surface area contributed by atoms with Gasteiger partial charge in [-0.2, -0.15) is 0 Å². The van der Waals surface area contributed by atoms with E-state index < -0.39 is 0 Å². The van der Waals surface area contributed by atoms with Gasteiger partial charge in [0.1, 0.15) is 6.54 Å². The average Bonchev–Trinajstić information content (AvgIpc) is 3.27. The number of rotatable bonds is 8. The summed E-state index contributed by atoms with van der Waals surface area (Å²) in [6.07, 6.45) is 0. The Labute approximate surface area is 198 Å². The van der Waals surface area contributed by atoms with Crippen LogP contribution in [0.25, 0.3) is 0 Å². The molecule has 0 bridgehead atoms. The average molecular weight is 470 g/mol. The zero-order chi connectivity index (χ0) is 23.1. The minimum Gasteiger partial charge on any atom is -0.332 e. The first-order valence-electron chi connectivity index (χ1n) is 10.5. The maximum absolute atomic E-state index is 13.3. The van der Waals surface area contributed by atoms with Crippen molar-refractivity contribution in [1.29, 1.82) is 0 Å². The fraction of sp³-hybridized carbons (Fsp3) is 0.280. The number of benzene rings is 2. The fourth-order valence-electron chi connectivity index (χ4n) is 3.23. The van der Waals surface area contributed by atoms with Gasteiger partial charge in [0, 0.05) is 28.2 Å². The number of carbonyl (C=O) groups excluding carboxylic acids is 2. The minimum atomic E-state index is -0.330. The molecule has 3 aromatic rings. The summed E-state index contributed by atoms with van der Waals surface area (Å²) in [5.74, 6) is -0.104. The van der Waals surface area contributed by atoms with E-state index in [1.54, 1.807) is 33.3 Å². The number of hydrogen-bond acceptors (Lipinski definition) is 3. The maximum atomic E-state index is 13.3. The van der Waals surface area contributed by atoms with Crippen LogP contribution in [0, 0.1) is 6.92 Å². The highest BCUT2D eigenvalue weighted by Gasteiger charge is 2.24. The quantitative estimate of drug-likeness (QED) is 0.428.